The molecule has 2 heterocycles. The standard InChI is InChI=1S/C19H24N6O/c1-3-20-19(22-14(2)15-8-5-4-6-9-15)21-12-11-17-23-18(25-24-17)16-10-7-13-26-16/h4-10,13-14H,3,11-12H2,1-2H3,(H2,20,21,22)(H,23,24,25). The van der Waals surface area contributed by atoms with E-state index in [0.717, 1.165) is 18.3 Å². The lowest BCUT2D eigenvalue weighted by atomic mass is 10.1. The van der Waals surface area contributed by atoms with Crippen LogP contribution in [0.25, 0.3) is 11.6 Å². The van der Waals surface area contributed by atoms with Crippen LogP contribution in [0.3, 0.4) is 0 Å². The van der Waals surface area contributed by atoms with Gasteiger partial charge in [-0.15, -0.1) is 0 Å². The number of hydrogen-bond acceptors (Lipinski definition) is 4. The molecule has 7 nitrogen and oxygen atoms in total. The van der Waals surface area contributed by atoms with Crippen molar-refractivity contribution < 1.29 is 4.42 Å². The van der Waals surface area contributed by atoms with Crippen LogP contribution in [0.4, 0.5) is 0 Å². The summed E-state index contributed by atoms with van der Waals surface area (Å²) in [6.45, 7) is 5.58. The Morgan fingerprint density at radius 3 is 2.81 bits per heavy atom. The molecule has 1 unspecified atom stereocenters. The molecule has 0 spiro atoms. The maximum absolute atomic E-state index is 5.30. The Bertz CT molecular complexity index is 810. The van der Waals surface area contributed by atoms with Crippen LogP contribution in [0.2, 0.25) is 0 Å². The zero-order valence-corrected chi connectivity index (χ0v) is 15.1. The number of guanidine groups is 1. The molecule has 0 amide bonds. The largest absolute Gasteiger partial charge is 0.461 e. The third-order valence-corrected chi connectivity index (χ3v) is 3.89. The van der Waals surface area contributed by atoms with Crippen LogP contribution < -0.4 is 10.6 Å². The first-order chi connectivity index (χ1) is 12.8. The van der Waals surface area contributed by atoms with E-state index < -0.39 is 0 Å². The van der Waals surface area contributed by atoms with Crippen LogP contribution in [-0.4, -0.2) is 34.2 Å². The topological polar surface area (TPSA) is 91.1 Å². The third kappa shape index (κ3) is 4.72. The van der Waals surface area contributed by atoms with Gasteiger partial charge in [-0.1, -0.05) is 30.3 Å². The minimum Gasteiger partial charge on any atom is -0.461 e. The Labute approximate surface area is 153 Å². The van der Waals surface area contributed by atoms with Gasteiger partial charge in [0.1, 0.15) is 5.82 Å². The number of H-pyrrole nitrogens is 1. The van der Waals surface area contributed by atoms with E-state index in [1.807, 2.05) is 30.3 Å². The number of nitrogens with zero attached hydrogens (tertiary/aromatic N) is 3. The van der Waals surface area contributed by atoms with Crippen molar-refractivity contribution in [3.05, 3.63) is 60.1 Å². The molecule has 0 saturated heterocycles. The van der Waals surface area contributed by atoms with E-state index in [4.69, 9.17) is 4.42 Å². The quantitative estimate of drug-likeness (QED) is 0.449. The highest BCUT2D eigenvalue weighted by Gasteiger charge is 2.09. The second-order valence-electron chi connectivity index (χ2n) is 5.87. The molecule has 0 radical (unpaired) electrons. The van der Waals surface area contributed by atoms with E-state index in [0.29, 0.717) is 24.6 Å². The maximum Gasteiger partial charge on any atom is 0.216 e. The summed E-state index contributed by atoms with van der Waals surface area (Å²) in [6.07, 6.45) is 2.28. The van der Waals surface area contributed by atoms with Gasteiger partial charge >= 0.3 is 0 Å². The summed E-state index contributed by atoms with van der Waals surface area (Å²) in [5, 5.41) is 13.8. The monoisotopic (exact) mass is 352 g/mol. The number of benzene rings is 1. The molecular formula is C19H24N6O. The highest BCUT2D eigenvalue weighted by Crippen LogP contribution is 2.14. The smallest absolute Gasteiger partial charge is 0.216 e. The molecule has 26 heavy (non-hydrogen) atoms. The number of aromatic nitrogens is 3. The highest BCUT2D eigenvalue weighted by atomic mass is 16.3. The number of furan rings is 1. The number of aliphatic imine (C=N–C) groups is 1. The molecule has 0 fully saturated rings. The Balaban J connectivity index is 1.57. The molecule has 0 aliphatic carbocycles. The van der Waals surface area contributed by atoms with Crippen molar-refractivity contribution in [2.24, 2.45) is 4.99 Å². The van der Waals surface area contributed by atoms with Gasteiger partial charge in [-0.3, -0.25) is 10.1 Å². The lowest BCUT2D eigenvalue weighted by Gasteiger charge is -2.18. The molecule has 7 heteroatoms. The van der Waals surface area contributed by atoms with Crippen LogP contribution >= 0.6 is 0 Å². The minimum atomic E-state index is 0.171. The van der Waals surface area contributed by atoms with Crippen LogP contribution in [0, 0.1) is 0 Å². The summed E-state index contributed by atoms with van der Waals surface area (Å²) in [7, 11) is 0. The molecule has 0 saturated carbocycles. The molecule has 136 valence electrons. The Morgan fingerprint density at radius 1 is 1.23 bits per heavy atom. The molecule has 0 bridgehead atoms. The van der Waals surface area contributed by atoms with Gasteiger partial charge in [0.2, 0.25) is 5.82 Å². The van der Waals surface area contributed by atoms with E-state index in [2.05, 4.69) is 56.8 Å². The Kier molecular flexibility index (Phi) is 6.03. The van der Waals surface area contributed by atoms with Gasteiger partial charge in [-0.2, -0.15) is 5.10 Å². The van der Waals surface area contributed by atoms with E-state index in [-0.39, 0.29) is 6.04 Å². The van der Waals surface area contributed by atoms with Crippen molar-refractivity contribution in [2.45, 2.75) is 26.3 Å². The fourth-order valence-electron chi connectivity index (χ4n) is 2.55. The van der Waals surface area contributed by atoms with E-state index >= 15 is 0 Å². The van der Waals surface area contributed by atoms with Gasteiger partial charge in [0, 0.05) is 19.5 Å². The van der Waals surface area contributed by atoms with Gasteiger partial charge in [0.15, 0.2) is 11.7 Å². The number of aromatic amines is 1. The third-order valence-electron chi connectivity index (χ3n) is 3.89. The van der Waals surface area contributed by atoms with Crippen molar-refractivity contribution >= 4 is 5.96 Å². The number of hydrogen-bond donors (Lipinski definition) is 3. The van der Waals surface area contributed by atoms with Crippen molar-refractivity contribution in [2.75, 3.05) is 13.1 Å². The molecule has 2 aromatic heterocycles. The summed E-state index contributed by atoms with van der Waals surface area (Å²) in [5.41, 5.74) is 1.22. The fourth-order valence-corrected chi connectivity index (χ4v) is 2.55. The van der Waals surface area contributed by atoms with Crippen molar-refractivity contribution in [3.8, 4) is 11.6 Å². The maximum atomic E-state index is 5.30. The summed E-state index contributed by atoms with van der Waals surface area (Å²) in [5.74, 6) is 2.79. The SMILES string of the molecule is CCNC(=NCCc1nc(-c2ccco2)n[nH]1)NC(C)c1ccccc1. The molecule has 0 aliphatic rings. The molecule has 1 atom stereocenters. The lowest BCUT2D eigenvalue weighted by Crippen LogP contribution is -2.38. The van der Waals surface area contributed by atoms with Crippen LogP contribution in [0.15, 0.2) is 58.1 Å². The van der Waals surface area contributed by atoms with Gasteiger partial charge in [0.25, 0.3) is 0 Å². The molecule has 3 N–H and O–H groups in total. The van der Waals surface area contributed by atoms with Crippen molar-refractivity contribution in [3.63, 3.8) is 0 Å². The summed E-state index contributed by atoms with van der Waals surface area (Å²) < 4.78 is 5.30. The van der Waals surface area contributed by atoms with Gasteiger partial charge in [0.05, 0.1) is 12.3 Å². The first-order valence-corrected chi connectivity index (χ1v) is 8.81. The summed E-state index contributed by atoms with van der Waals surface area (Å²) in [6, 6.07) is 14.1. The van der Waals surface area contributed by atoms with Crippen LogP contribution in [-0.2, 0) is 6.42 Å². The first kappa shape index (κ1) is 17.7. The number of nitrogens with one attached hydrogen (secondary N) is 3. The van der Waals surface area contributed by atoms with Crippen LogP contribution in [0.5, 0.6) is 0 Å². The summed E-state index contributed by atoms with van der Waals surface area (Å²) in [4.78, 5) is 9.06. The predicted octanol–water partition coefficient (Wildman–Crippen LogP) is 2.92. The second kappa shape index (κ2) is 8.84. The van der Waals surface area contributed by atoms with E-state index in [1.165, 1.54) is 5.56 Å². The Hall–Kier alpha value is -3.09. The van der Waals surface area contributed by atoms with Gasteiger partial charge in [-0.25, -0.2) is 4.98 Å². The highest BCUT2D eigenvalue weighted by molar-refractivity contribution is 5.80. The van der Waals surface area contributed by atoms with Crippen molar-refractivity contribution in [1.29, 1.82) is 0 Å². The molecule has 1 aromatic carbocycles. The van der Waals surface area contributed by atoms with Gasteiger partial charge in [-0.05, 0) is 31.5 Å². The minimum absolute atomic E-state index is 0.171. The normalized spacial score (nSPS) is 12.8. The van der Waals surface area contributed by atoms with E-state index in [9.17, 15) is 0 Å². The molecule has 3 aromatic rings. The van der Waals surface area contributed by atoms with Crippen molar-refractivity contribution in [1.82, 2.24) is 25.8 Å². The van der Waals surface area contributed by atoms with Crippen LogP contribution in [0.1, 0.15) is 31.3 Å². The average Bonchev–Trinajstić information content (AvgIpc) is 3.34. The first-order valence-electron chi connectivity index (χ1n) is 8.81. The average molecular weight is 352 g/mol. The van der Waals surface area contributed by atoms with E-state index in [1.54, 1.807) is 6.26 Å². The molecule has 0 aliphatic heterocycles. The zero-order chi connectivity index (χ0) is 18.2. The zero-order valence-electron chi connectivity index (χ0n) is 15.1. The Morgan fingerprint density at radius 2 is 2.08 bits per heavy atom. The number of rotatable bonds is 7. The predicted molar refractivity (Wildman–Crippen MR) is 102 cm³/mol. The summed E-state index contributed by atoms with van der Waals surface area (Å²) >= 11 is 0. The second-order valence-corrected chi connectivity index (χ2v) is 5.87. The lowest BCUT2D eigenvalue weighted by molar-refractivity contribution is 0.577. The molecular weight excluding hydrogens is 328 g/mol. The fraction of sp³-hybridized carbons (Fsp3) is 0.316. The van der Waals surface area contributed by atoms with Gasteiger partial charge < -0.3 is 15.1 Å². The molecule has 3 rings (SSSR count).